The highest BCUT2D eigenvalue weighted by molar-refractivity contribution is 7.12. The van der Waals surface area contributed by atoms with Gasteiger partial charge in [-0.1, -0.05) is 37.3 Å². The van der Waals surface area contributed by atoms with E-state index in [1.165, 1.54) is 6.07 Å². The van der Waals surface area contributed by atoms with Crippen molar-refractivity contribution in [1.82, 2.24) is 4.90 Å². The smallest absolute Gasteiger partial charge is 0.426 e. The molecule has 4 rings (SSSR count). The molecule has 1 N–H and O–H groups in total. The van der Waals surface area contributed by atoms with Crippen LogP contribution in [0.1, 0.15) is 28.7 Å². The van der Waals surface area contributed by atoms with Crippen LogP contribution in [0.3, 0.4) is 0 Å². The summed E-state index contributed by atoms with van der Waals surface area (Å²) in [5.74, 6) is -0.825. The predicted molar refractivity (Wildman–Crippen MR) is 143 cm³/mol. The highest BCUT2D eigenvalue weighted by atomic mass is 35.5. The van der Waals surface area contributed by atoms with Gasteiger partial charge >= 0.3 is 12.1 Å². The number of nitrogens with zero attached hydrogens (tertiary/aromatic N) is 2. The van der Waals surface area contributed by atoms with E-state index in [9.17, 15) is 27.9 Å². The third kappa shape index (κ3) is 6.48. The van der Waals surface area contributed by atoms with Crippen LogP contribution in [0.15, 0.2) is 54.6 Å². The van der Waals surface area contributed by atoms with Gasteiger partial charge in [0.05, 0.1) is 12.5 Å². The molecule has 3 aromatic rings. The zero-order valence-corrected chi connectivity index (χ0v) is 22.5. The fraction of sp³-hybridized carbons (Fsp3) is 0.333. The highest BCUT2D eigenvalue weighted by Gasteiger charge is 2.37. The van der Waals surface area contributed by atoms with Gasteiger partial charge in [-0.05, 0) is 55.4 Å². The second-order valence-corrected chi connectivity index (χ2v) is 9.96. The number of anilines is 1. The number of thiophene rings is 1. The monoisotopic (exact) mass is 568 g/mol. The molecule has 1 unspecified atom stereocenters. The molecule has 2 heterocycles. The number of benzene rings is 2. The van der Waals surface area contributed by atoms with Crippen molar-refractivity contribution in [3.63, 3.8) is 0 Å². The minimum atomic E-state index is -4.47. The van der Waals surface area contributed by atoms with Gasteiger partial charge in [0.2, 0.25) is 5.91 Å². The summed E-state index contributed by atoms with van der Waals surface area (Å²) in [6.45, 7) is 2.79. The summed E-state index contributed by atoms with van der Waals surface area (Å²) in [5.41, 5.74) is 2.19. The average Bonchev–Trinajstić information content (AvgIpc) is 3.50. The molecule has 204 valence electrons. The SMILES string of the molecule is CCN(C)C(CC(=O)O)C(=O)N1CCc2cc(OCc3cc(-c4ccccc4)c(C(F)(F)F)s3)ccc21.Cl. The molecule has 1 aliphatic rings. The van der Waals surface area contributed by atoms with Crippen molar-refractivity contribution < 1.29 is 32.6 Å². The first-order chi connectivity index (χ1) is 17.6. The third-order valence-corrected chi connectivity index (χ3v) is 7.56. The minimum Gasteiger partial charge on any atom is -0.488 e. The first kappa shape index (κ1) is 29.5. The van der Waals surface area contributed by atoms with E-state index in [4.69, 9.17) is 4.74 Å². The van der Waals surface area contributed by atoms with E-state index in [2.05, 4.69) is 0 Å². The average molecular weight is 569 g/mol. The van der Waals surface area contributed by atoms with Gasteiger partial charge in [-0.3, -0.25) is 14.5 Å². The number of hydrogen-bond donors (Lipinski definition) is 1. The number of carboxylic acids is 1. The molecule has 1 amide bonds. The lowest BCUT2D eigenvalue weighted by molar-refractivity contribution is -0.141. The maximum absolute atomic E-state index is 13.7. The summed E-state index contributed by atoms with van der Waals surface area (Å²) in [7, 11) is 1.72. The number of carboxylic acid groups (broad SMARTS) is 1. The van der Waals surface area contributed by atoms with Crippen LogP contribution in [0, 0.1) is 0 Å². The van der Waals surface area contributed by atoms with Gasteiger partial charge in [0, 0.05) is 22.7 Å². The van der Waals surface area contributed by atoms with Crippen molar-refractivity contribution in [2.75, 3.05) is 25.0 Å². The number of rotatable bonds is 9. The summed E-state index contributed by atoms with van der Waals surface area (Å²) in [4.78, 5) is 27.6. The molecular formula is C27H28ClF3N2O4S. The van der Waals surface area contributed by atoms with Gasteiger partial charge in [-0.15, -0.1) is 23.7 Å². The maximum atomic E-state index is 13.7. The van der Waals surface area contributed by atoms with E-state index >= 15 is 0 Å². The summed E-state index contributed by atoms with van der Waals surface area (Å²) in [6, 6.07) is 14.4. The number of hydrogen-bond acceptors (Lipinski definition) is 5. The molecule has 6 nitrogen and oxygen atoms in total. The van der Waals surface area contributed by atoms with Crippen LogP contribution in [0.4, 0.5) is 18.9 Å². The quantitative estimate of drug-likeness (QED) is 0.337. The summed E-state index contributed by atoms with van der Waals surface area (Å²) in [5, 5.41) is 9.26. The van der Waals surface area contributed by atoms with E-state index in [0.717, 1.165) is 5.56 Å². The lowest BCUT2D eigenvalue weighted by Gasteiger charge is -2.29. The van der Waals surface area contributed by atoms with Gasteiger partial charge in [-0.25, -0.2) is 0 Å². The zero-order valence-electron chi connectivity index (χ0n) is 20.8. The molecule has 38 heavy (non-hydrogen) atoms. The van der Waals surface area contributed by atoms with E-state index in [1.54, 1.807) is 65.4 Å². The highest BCUT2D eigenvalue weighted by Crippen LogP contribution is 2.43. The van der Waals surface area contributed by atoms with Crippen molar-refractivity contribution in [3.05, 3.63) is 69.9 Å². The lowest BCUT2D eigenvalue weighted by atomic mass is 10.1. The van der Waals surface area contributed by atoms with Gasteiger partial charge in [0.1, 0.15) is 17.2 Å². The normalized spacial score (nSPS) is 13.7. The second kappa shape index (κ2) is 12.2. The van der Waals surface area contributed by atoms with Gasteiger partial charge < -0.3 is 14.7 Å². The fourth-order valence-corrected chi connectivity index (χ4v) is 5.36. The Labute approximate surface area is 229 Å². The van der Waals surface area contributed by atoms with Crippen LogP contribution in [0.25, 0.3) is 11.1 Å². The molecule has 0 bridgehead atoms. The molecule has 1 aromatic heterocycles. The van der Waals surface area contributed by atoms with Gasteiger partial charge in [0.25, 0.3) is 0 Å². The lowest BCUT2D eigenvalue weighted by Crippen LogP contribution is -2.48. The molecule has 11 heteroatoms. The van der Waals surface area contributed by atoms with E-state index in [-0.39, 0.29) is 36.9 Å². The van der Waals surface area contributed by atoms with Crippen molar-refractivity contribution >= 4 is 41.3 Å². The first-order valence-electron chi connectivity index (χ1n) is 11.8. The standard InChI is InChI=1S/C27H27F3N2O4S.ClH/c1-3-31(2)23(15-24(33)34)26(35)32-12-11-18-13-19(9-10-22(18)32)36-16-20-14-21(17-7-5-4-6-8-17)25(37-20)27(28,29)30;/h4-10,13-14,23H,3,11-12,15-16H2,1-2H3,(H,33,34);1H. The first-order valence-corrected chi connectivity index (χ1v) is 12.6. The van der Waals surface area contributed by atoms with Crippen LogP contribution in [0.5, 0.6) is 5.75 Å². The van der Waals surface area contributed by atoms with Crippen LogP contribution in [-0.2, 0) is 28.8 Å². The van der Waals surface area contributed by atoms with Crippen molar-refractivity contribution in [2.24, 2.45) is 0 Å². The Bertz CT molecular complexity index is 1280. The fourth-order valence-electron chi connectivity index (χ4n) is 4.40. The number of likely N-dealkylation sites (N-methyl/N-ethyl adjacent to an activating group) is 1. The molecule has 0 saturated carbocycles. The molecule has 0 fully saturated rings. The Morgan fingerprint density at radius 3 is 2.50 bits per heavy atom. The van der Waals surface area contributed by atoms with Gasteiger partial charge in [0.15, 0.2) is 0 Å². The molecule has 1 aliphatic heterocycles. The number of halogens is 4. The maximum Gasteiger partial charge on any atom is 0.426 e. The second-order valence-electron chi connectivity index (χ2n) is 8.83. The minimum absolute atomic E-state index is 0. The molecule has 0 radical (unpaired) electrons. The van der Waals surface area contributed by atoms with Crippen molar-refractivity contribution in [3.8, 4) is 16.9 Å². The topological polar surface area (TPSA) is 70.1 Å². The Kier molecular flexibility index (Phi) is 9.45. The predicted octanol–water partition coefficient (Wildman–Crippen LogP) is 6.12. The molecule has 1 atom stereocenters. The number of amides is 1. The number of fused-ring (bicyclic) bond motifs is 1. The number of alkyl halides is 3. The van der Waals surface area contributed by atoms with E-state index < -0.39 is 23.1 Å². The van der Waals surface area contributed by atoms with E-state index in [0.29, 0.717) is 52.7 Å². The molecular weight excluding hydrogens is 541 g/mol. The number of carbonyl (C=O) groups excluding carboxylic acids is 1. The Hall–Kier alpha value is -3.08. The zero-order chi connectivity index (χ0) is 26.7. The Balaban J connectivity index is 0.00000400. The van der Waals surface area contributed by atoms with Crippen LogP contribution in [-0.4, -0.2) is 48.1 Å². The van der Waals surface area contributed by atoms with Crippen molar-refractivity contribution in [2.45, 2.75) is 38.6 Å². The Morgan fingerprint density at radius 1 is 1.16 bits per heavy atom. The molecule has 0 saturated heterocycles. The number of ether oxygens (including phenoxy) is 1. The third-order valence-electron chi connectivity index (χ3n) is 6.40. The largest absolute Gasteiger partial charge is 0.488 e. The van der Waals surface area contributed by atoms with E-state index in [1.807, 2.05) is 6.92 Å². The summed E-state index contributed by atoms with van der Waals surface area (Å²) in [6.07, 6.45) is -4.19. The molecule has 0 spiro atoms. The van der Waals surface area contributed by atoms with Crippen LogP contribution < -0.4 is 9.64 Å². The summed E-state index contributed by atoms with van der Waals surface area (Å²) >= 11 is 0.668. The number of carbonyl (C=O) groups is 2. The molecule has 2 aromatic carbocycles. The Morgan fingerprint density at radius 2 is 1.87 bits per heavy atom. The number of aliphatic carboxylic acids is 1. The van der Waals surface area contributed by atoms with Gasteiger partial charge in [-0.2, -0.15) is 13.2 Å². The molecule has 0 aliphatic carbocycles. The van der Waals surface area contributed by atoms with Crippen LogP contribution >= 0.6 is 23.7 Å². The van der Waals surface area contributed by atoms with Crippen LogP contribution in [0.2, 0.25) is 0 Å². The van der Waals surface area contributed by atoms with Crippen molar-refractivity contribution in [1.29, 1.82) is 0 Å². The summed E-state index contributed by atoms with van der Waals surface area (Å²) < 4.78 is 46.8.